The number of nitrogens with zero attached hydrogens (tertiary/aromatic N) is 5. The van der Waals surface area contributed by atoms with Gasteiger partial charge in [-0.25, -0.2) is 22.4 Å². The molecule has 10 rings (SSSR count). The first-order valence-electron chi connectivity index (χ1n) is 24.2. The summed E-state index contributed by atoms with van der Waals surface area (Å²) in [6.07, 6.45) is 21.4. The average molecular weight is 926 g/mol. The highest BCUT2D eigenvalue weighted by atomic mass is 32.2. The van der Waals surface area contributed by atoms with Gasteiger partial charge in [-0.15, -0.1) is 6.42 Å². The molecule has 67 heavy (non-hydrogen) atoms. The Kier molecular flexibility index (Phi) is 12.5. The molecule has 2 aliphatic carbocycles. The fraction of sp³-hybridized carbons (Fsp3) is 0.491. The summed E-state index contributed by atoms with van der Waals surface area (Å²) < 4.78 is 49.1. The van der Waals surface area contributed by atoms with Crippen molar-refractivity contribution in [2.24, 2.45) is 0 Å². The molecule has 0 amide bonds. The zero-order chi connectivity index (χ0) is 46.4. The van der Waals surface area contributed by atoms with Crippen molar-refractivity contribution in [3.63, 3.8) is 0 Å². The van der Waals surface area contributed by atoms with Gasteiger partial charge >= 0.3 is 0 Å². The van der Waals surface area contributed by atoms with E-state index in [0.717, 1.165) is 121 Å². The zero-order valence-electron chi connectivity index (χ0n) is 39.0. The van der Waals surface area contributed by atoms with E-state index in [1.54, 1.807) is 19.1 Å². The SMILES string of the molecule is C#CCNC1(C)CCN(C2CCN(c3nc([C@](COC4CCCCO4)(OC4CC4)c4ccccc4)c4cc(C5=CCC(C)(S(=O)(=O)n6ccc7cc[nH]c(=O)c76)C(C)=C5)ccc4n3)CC2)CC1. The van der Waals surface area contributed by atoms with Crippen LogP contribution in [-0.2, 0) is 29.8 Å². The lowest BCUT2D eigenvalue weighted by atomic mass is 9.85. The third kappa shape index (κ3) is 8.79. The van der Waals surface area contributed by atoms with Crippen LogP contribution in [0, 0.1) is 12.3 Å². The molecule has 0 radical (unpaired) electrons. The average Bonchev–Trinajstić information content (AvgIpc) is 4.06. The molecule has 3 aliphatic heterocycles. The molecule has 3 saturated heterocycles. The number of likely N-dealkylation sites (tertiary alicyclic amines) is 1. The molecule has 0 bridgehead atoms. The Morgan fingerprint density at radius 1 is 0.985 bits per heavy atom. The van der Waals surface area contributed by atoms with E-state index in [1.165, 1.54) is 12.4 Å². The van der Waals surface area contributed by atoms with Crippen LogP contribution in [0.1, 0.15) is 102 Å². The molecule has 5 aromatic rings. The number of rotatable bonds is 14. The van der Waals surface area contributed by atoms with Crippen LogP contribution < -0.4 is 15.8 Å². The summed E-state index contributed by atoms with van der Waals surface area (Å²) in [5.41, 5.74) is 3.61. The van der Waals surface area contributed by atoms with Crippen LogP contribution >= 0.6 is 0 Å². The monoisotopic (exact) mass is 925 g/mol. The van der Waals surface area contributed by atoms with Gasteiger partial charge < -0.3 is 34.3 Å². The third-order valence-electron chi connectivity index (χ3n) is 15.2. The molecule has 3 atom stereocenters. The number of anilines is 1. The molecule has 5 aliphatic rings. The summed E-state index contributed by atoms with van der Waals surface area (Å²) in [6, 6.07) is 20.5. The highest BCUT2D eigenvalue weighted by molar-refractivity contribution is 7.91. The van der Waals surface area contributed by atoms with Crippen molar-refractivity contribution in [2.45, 2.75) is 119 Å². The predicted molar refractivity (Wildman–Crippen MR) is 263 cm³/mol. The summed E-state index contributed by atoms with van der Waals surface area (Å²) in [7, 11) is -4.06. The first kappa shape index (κ1) is 45.6. The Morgan fingerprint density at radius 2 is 1.78 bits per heavy atom. The minimum Gasteiger partial charge on any atom is -0.358 e. The molecule has 3 aromatic heterocycles. The molecule has 2 N–H and O–H groups in total. The fourth-order valence-electron chi connectivity index (χ4n) is 10.6. The first-order valence-corrected chi connectivity index (χ1v) is 25.6. The second kappa shape index (κ2) is 18.4. The Balaban J connectivity index is 1.02. The van der Waals surface area contributed by atoms with Gasteiger partial charge in [0.15, 0.2) is 11.9 Å². The Hall–Kier alpha value is -5.14. The maximum absolute atomic E-state index is 14.5. The van der Waals surface area contributed by atoms with Crippen molar-refractivity contribution in [3.05, 3.63) is 118 Å². The number of hydrogen-bond donors (Lipinski definition) is 2. The normalized spacial score (nSPS) is 24.0. The highest BCUT2D eigenvalue weighted by Gasteiger charge is 2.47. The topological polar surface area (TPSA) is 144 Å². The van der Waals surface area contributed by atoms with Crippen LogP contribution in [0.4, 0.5) is 5.95 Å². The molecule has 0 spiro atoms. The van der Waals surface area contributed by atoms with Gasteiger partial charge in [0.1, 0.15) is 10.3 Å². The quantitative estimate of drug-likeness (QED) is 0.106. The number of H-pyrrole nitrogens is 1. The summed E-state index contributed by atoms with van der Waals surface area (Å²) in [6.45, 7) is 11.1. The van der Waals surface area contributed by atoms with Crippen molar-refractivity contribution < 1.29 is 22.6 Å². The molecular formula is C53H63N7O6S. The predicted octanol–water partition coefficient (Wildman–Crippen LogP) is 7.65. The number of terminal acetylenes is 1. The number of benzene rings is 2. The van der Waals surface area contributed by atoms with Gasteiger partial charge in [-0.1, -0.05) is 54.5 Å². The molecule has 6 heterocycles. The van der Waals surface area contributed by atoms with Gasteiger partial charge in [0.25, 0.3) is 5.56 Å². The Labute approximate surface area is 394 Å². The van der Waals surface area contributed by atoms with Crippen molar-refractivity contribution in [2.75, 3.05) is 50.8 Å². The number of nitrogens with one attached hydrogen (secondary N) is 2. The minimum atomic E-state index is -4.06. The van der Waals surface area contributed by atoms with Gasteiger partial charge in [0.2, 0.25) is 16.0 Å². The largest absolute Gasteiger partial charge is 0.358 e. The number of aromatic nitrogens is 4. The van der Waals surface area contributed by atoms with Crippen LogP contribution in [0.2, 0.25) is 0 Å². The summed E-state index contributed by atoms with van der Waals surface area (Å²) in [5, 5.41) is 4.99. The van der Waals surface area contributed by atoms with E-state index in [4.69, 9.17) is 30.6 Å². The minimum absolute atomic E-state index is 0.0379. The van der Waals surface area contributed by atoms with E-state index in [1.807, 2.05) is 37.3 Å². The lowest BCUT2D eigenvalue weighted by molar-refractivity contribution is -0.197. The van der Waals surface area contributed by atoms with Crippen LogP contribution in [-0.4, -0.2) is 107 Å². The van der Waals surface area contributed by atoms with Crippen LogP contribution in [0.3, 0.4) is 0 Å². The molecule has 4 fully saturated rings. The number of hydrogen-bond acceptors (Lipinski definition) is 11. The van der Waals surface area contributed by atoms with Crippen molar-refractivity contribution in [1.82, 2.24) is 29.1 Å². The summed E-state index contributed by atoms with van der Waals surface area (Å²) in [5.74, 6) is 3.42. The van der Waals surface area contributed by atoms with Crippen LogP contribution in [0.25, 0.3) is 27.4 Å². The van der Waals surface area contributed by atoms with E-state index in [2.05, 4.69) is 63.3 Å². The molecule has 14 heteroatoms. The third-order valence-corrected chi connectivity index (χ3v) is 17.7. The van der Waals surface area contributed by atoms with Gasteiger partial charge in [0, 0.05) is 67.5 Å². The molecular weight excluding hydrogens is 863 g/mol. The maximum atomic E-state index is 14.5. The van der Waals surface area contributed by atoms with Gasteiger partial charge in [0.05, 0.1) is 30.5 Å². The van der Waals surface area contributed by atoms with Crippen LogP contribution in [0.5, 0.6) is 0 Å². The number of piperidine rings is 2. The molecule has 352 valence electrons. The van der Waals surface area contributed by atoms with E-state index < -0.39 is 25.9 Å². The van der Waals surface area contributed by atoms with E-state index >= 15 is 0 Å². The second-order valence-electron chi connectivity index (χ2n) is 19.7. The molecule has 2 aromatic carbocycles. The highest BCUT2D eigenvalue weighted by Crippen LogP contribution is 2.45. The number of fused-ring (bicyclic) bond motifs is 2. The summed E-state index contributed by atoms with van der Waals surface area (Å²) >= 11 is 0. The standard InChI is InChI=1S/C53H63N7O6S/c1-5-26-55-51(3)24-31-58(32-25-51)42-21-28-59(29-22-42)50-56-45-17-14-39(40-18-23-52(4,37(2)34-40)67(62,63)60-30-20-38-19-27-54-49(61)47(38)60)35-44(45)48(57-50)53(66-43-15-16-43,41-11-7-6-8-12-41)36-65-46-13-9-10-33-64-46/h1,6-8,11-12,14,17-20,27,30,34-35,42-43,46,55H,9-10,13,15-16,21-26,28-29,31-33,36H2,2-4H3,(H,54,61)/t46?,52?,53-/m1/s1. The number of allylic oxidation sites excluding steroid dienone is 3. The lowest BCUT2D eigenvalue weighted by Crippen LogP contribution is -2.55. The lowest BCUT2D eigenvalue weighted by Gasteiger charge is -2.45. The number of ether oxygens (including phenoxy) is 3. The van der Waals surface area contributed by atoms with Crippen molar-refractivity contribution in [3.8, 4) is 12.3 Å². The van der Waals surface area contributed by atoms with E-state index in [-0.39, 0.29) is 36.5 Å². The zero-order valence-corrected chi connectivity index (χ0v) is 39.8. The first-order chi connectivity index (χ1) is 32.4. The maximum Gasteiger partial charge on any atom is 0.273 e. The van der Waals surface area contributed by atoms with E-state index in [0.29, 0.717) is 36.1 Å². The Morgan fingerprint density at radius 3 is 2.49 bits per heavy atom. The van der Waals surface area contributed by atoms with Crippen molar-refractivity contribution >= 4 is 43.4 Å². The summed E-state index contributed by atoms with van der Waals surface area (Å²) in [4.78, 5) is 31.5. The van der Waals surface area contributed by atoms with Gasteiger partial charge in [-0.05, 0) is 132 Å². The Bertz CT molecular complexity index is 2900. The molecule has 2 unspecified atom stereocenters. The van der Waals surface area contributed by atoms with Gasteiger partial charge in [-0.3, -0.25) is 4.79 Å². The molecule has 1 saturated carbocycles. The van der Waals surface area contributed by atoms with E-state index in [9.17, 15) is 13.2 Å². The molecule has 13 nitrogen and oxygen atoms in total. The number of aromatic amines is 1. The fourth-order valence-corrected chi connectivity index (χ4v) is 12.4. The number of pyridine rings is 1. The second-order valence-corrected chi connectivity index (χ2v) is 22.0. The van der Waals surface area contributed by atoms with Crippen molar-refractivity contribution in [1.29, 1.82) is 0 Å². The van der Waals surface area contributed by atoms with Crippen LogP contribution in [0.15, 0.2) is 95.6 Å². The van der Waals surface area contributed by atoms with Gasteiger partial charge in [-0.2, -0.15) is 0 Å². The smallest absolute Gasteiger partial charge is 0.273 e.